The van der Waals surface area contributed by atoms with E-state index in [9.17, 15) is 9.18 Å². The van der Waals surface area contributed by atoms with Crippen LogP contribution in [0.5, 0.6) is 11.5 Å². The number of anilines is 1. The topological polar surface area (TPSA) is 47.6 Å². The third-order valence-corrected chi connectivity index (χ3v) is 3.26. The molecule has 2 rings (SSSR count). The number of nitrogens with one attached hydrogen (secondary N) is 1. The molecule has 2 aromatic rings. The molecule has 1 N–H and O–H groups in total. The van der Waals surface area contributed by atoms with Crippen LogP contribution < -0.4 is 14.8 Å². The van der Waals surface area contributed by atoms with Gasteiger partial charge in [0.2, 0.25) is 0 Å². The second kappa shape index (κ2) is 7.08. The Bertz CT molecular complexity index is 649. The van der Waals surface area contributed by atoms with Crippen molar-refractivity contribution in [2.75, 3.05) is 19.0 Å². The van der Waals surface area contributed by atoms with E-state index in [4.69, 9.17) is 9.47 Å². The number of rotatable bonds is 5. The van der Waals surface area contributed by atoms with Gasteiger partial charge >= 0.3 is 0 Å². The molecule has 1 amide bonds. The van der Waals surface area contributed by atoms with Crippen molar-refractivity contribution in [1.29, 1.82) is 0 Å². The van der Waals surface area contributed by atoms with Crippen molar-refractivity contribution in [3.8, 4) is 11.5 Å². The van der Waals surface area contributed by atoms with E-state index in [2.05, 4.69) is 21.2 Å². The standard InChI is InChI=1S/C15H13BrFNO3/c1-20-12-4-2-3-11(8-12)18-15(19)9-21-14-7-10(17)5-6-13(14)16/h2-8H,9H2,1H3,(H,18,19). The molecule has 0 saturated heterocycles. The zero-order valence-corrected chi connectivity index (χ0v) is 12.8. The highest BCUT2D eigenvalue weighted by molar-refractivity contribution is 9.10. The molecule has 110 valence electrons. The molecule has 0 atom stereocenters. The Morgan fingerprint density at radius 3 is 2.86 bits per heavy atom. The highest BCUT2D eigenvalue weighted by Crippen LogP contribution is 2.25. The summed E-state index contributed by atoms with van der Waals surface area (Å²) in [5, 5.41) is 2.67. The predicted molar refractivity (Wildman–Crippen MR) is 81.2 cm³/mol. The van der Waals surface area contributed by atoms with E-state index in [1.54, 1.807) is 31.4 Å². The molecule has 0 aliphatic heterocycles. The number of hydrogen-bond acceptors (Lipinski definition) is 3. The summed E-state index contributed by atoms with van der Waals surface area (Å²) in [5.41, 5.74) is 0.598. The first-order valence-electron chi connectivity index (χ1n) is 6.10. The highest BCUT2D eigenvalue weighted by atomic mass is 79.9. The first-order valence-corrected chi connectivity index (χ1v) is 6.89. The van der Waals surface area contributed by atoms with Crippen LogP contribution in [0.3, 0.4) is 0 Å². The quantitative estimate of drug-likeness (QED) is 0.892. The van der Waals surface area contributed by atoms with Gasteiger partial charge in [0, 0.05) is 17.8 Å². The molecule has 0 spiro atoms. The van der Waals surface area contributed by atoms with Gasteiger partial charge in [0.05, 0.1) is 11.6 Å². The minimum absolute atomic E-state index is 0.223. The number of amides is 1. The summed E-state index contributed by atoms with van der Waals surface area (Å²) in [6.07, 6.45) is 0. The number of halogens is 2. The number of hydrogen-bond donors (Lipinski definition) is 1. The lowest BCUT2D eigenvalue weighted by Gasteiger charge is -2.09. The zero-order chi connectivity index (χ0) is 15.2. The average molecular weight is 354 g/mol. The minimum Gasteiger partial charge on any atom is -0.497 e. The van der Waals surface area contributed by atoms with Crippen LogP contribution in [-0.4, -0.2) is 19.6 Å². The van der Waals surface area contributed by atoms with Crippen LogP contribution in [0.25, 0.3) is 0 Å². The molecule has 0 unspecified atom stereocenters. The van der Waals surface area contributed by atoms with Gasteiger partial charge in [-0.05, 0) is 40.2 Å². The van der Waals surface area contributed by atoms with Crippen molar-refractivity contribution in [2.45, 2.75) is 0 Å². The molecule has 0 radical (unpaired) electrons. The summed E-state index contributed by atoms with van der Waals surface area (Å²) in [5.74, 6) is 0.137. The van der Waals surface area contributed by atoms with Gasteiger partial charge in [0.25, 0.3) is 5.91 Å². The smallest absolute Gasteiger partial charge is 0.262 e. The van der Waals surface area contributed by atoms with E-state index in [0.29, 0.717) is 15.9 Å². The van der Waals surface area contributed by atoms with Crippen molar-refractivity contribution >= 4 is 27.5 Å². The Kier molecular flexibility index (Phi) is 5.16. The molecule has 0 aliphatic carbocycles. The summed E-state index contributed by atoms with van der Waals surface area (Å²) in [6, 6.07) is 11.0. The number of ether oxygens (including phenoxy) is 2. The van der Waals surface area contributed by atoms with Gasteiger partial charge in [-0.3, -0.25) is 4.79 Å². The van der Waals surface area contributed by atoms with Gasteiger partial charge < -0.3 is 14.8 Å². The van der Waals surface area contributed by atoms with Gasteiger partial charge in [-0.25, -0.2) is 4.39 Å². The number of carbonyl (C=O) groups is 1. The van der Waals surface area contributed by atoms with Crippen LogP contribution in [0.4, 0.5) is 10.1 Å². The normalized spacial score (nSPS) is 10.0. The van der Waals surface area contributed by atoms with E-state index in [-0.39, 0.29) is 18.3 Å². The van der Waals surface area contributed by atoms with Gasteiger partial charge in [-0.15, -0.1) is 0 Å². The van der Waals surface area contributed by atoms with Crippen LogP contribution >= 0.6 is 15.9 Å². The lowest BCUT2D eigenvalue weighted by Crippen LogP contribution is -2.20. The third kappa shape index (κ3) is 4.46. The number of carbonyl (C=O) groups excluding carboxylic acids is 1. The Morgan fingerprint density at radius 1 is 1.29 bits per heavy atom. The maximum absolute atomic E-state index is 13.1. The highest BCUT2D eigenvalue weighted by Gasteiger charge is 2.07. The van der Waals surface area contributed by atoms with E-state index < -0.39 is 5.82 Å². The maximum atomic E-state index is 13.1. The van der Waals surface area contributed by atoms with Gasteiger partial charge in [-0.1, -0.05) is 6.07 Å². The molecule has 0 saturated carbocycles. The molecule has 0 fully saturated rings. The van der Waals surface area contributed by atoms with E-state index in [1.165, 1.54) is 18.2 Å². The van der Waals surface area contributed by atoms with Crippen LogP contribution in [0.2, 0.25) is 0 Å². The SMILES string of the molecule is COc1cccc(NC(=O)COc2cc(F)ccc2Br)c1. The monoisotopic (exact) mass is 353 g/mol. The van der Waals surface area contributed by atoms with Crippen molar-refractivity contribution in [3.63, 3.8) is 0 Å². The average Bonchev–Trinajstić information content (AvgIpc) is 2.48. The van der Waals surface area contributed by atoms with Gasteiger partial charge in [-0.2, -0.15) is 0 Å². The van der Waals surface area contributed by atoms with Crippen molar-refractivity contribution < 1.29 is 18.7 Å². The molecular formula is C15H13BrFNO3. The van der Waals surface area contributed by atoms with Crippen molar-refractivity contribution in [2.24, 2.45) is 0 Å². The zero-order valence-electron chi connectivity index (χ0n) is 11.2. The summed E-state index contributed by atoms with van der Waals surface area (Å²) < 4.78 is 24.0. The van der Waals surface area contributed by atoms with E-state index >= 15 is 0 Å². The van der Waals surface area contributed by atoms with Crippen molar-refractivity contribution in [1.82, 2.24) is 0 Å². The molecule has 0 heterocycles. The molecule has 0 aliphatic rings. The van der Waals surface area contributed by atoms with Gasteiger partial charge in [0.1, 0.15) is 17.3 Å². The number of benzene rings is 2. The van der Waals surface area contributed by atoms with E-state index in [0.717, 1.165) is 0 Å². The fourth-order valence-electron chi connectivity index (χ4n) is 1.63. The Hall–Kier alpha value is -2.08. The molecule has 0 aromatic heterocycles. The van der Waals surface area contributed by atoms with Gasteiger partial charge in [0.15, 0.2) is 6.61 Å². The fourth-order valence-corrected chi connectivity index (χ4v) is 1.99. The largest absolute Gasteiger partial charge is 0.497 e. The summed E-state index contributed by atoms with van der Waals surface area (Å²) in [7, 11) is 1.55. The molecule has 0 bridgehead atoms. The van der Waals surface area contributed by atoms with E-state index in [1.807, 2.05) is 0 Å². The number of methoxy groups -OCH3 is 1. The minimum atomic E-state index is -0.429. The molecule has 21 heavy (non-hydrogen) atoms. The molecule has 6 heteroatoms. The second-order valence-corrected chi connectivity index (χ2v) is 5.00. The predicted octanol–water partition coefficient (Wildman–Crippen LogP) is 3.61. The molecular weight excluding hydrogens is 341 g/mol. The Balaban J connectivity index is 1.94. The second-order valence-electron chi connectivity index (χ2n) is 4.14. The lowest BCUT2D eigenvalue weighted by molar-refractivity contribution is -0.118. The summed E-state index contributed by atoms with van der Waals surface area (Å²) in [4.78, 5) is 11.8. The maximum Gasteiger partial charge on any atom is 0.262 e. The lowest BCUT2D eigenvalue weighted by atomic mass is 10.3. The Morgan fingerprint density at radius 2 is 2.10 bits per heavy atom. The first kappa shape index (κ1) is 15.3. The van der Waals surface area contributed by atoms with Crippen molar-refractivity contribution in [3.05, 3.63) is 52.8 Å². The van der Waals surface area contributed by atoms with Crippen LogP contribution in [-0.2, 0) is 4.79 Å². The fraction of sp³-hybridized carbons (Fsp3) is 0.133. The molecule has 2 aromatic carbocycles. The first-order chi connectivity index (χ1) is 10.1. The Labute approximate surface area is 130 Å². The van der Waals surface area contributed by atoms with Crippen LogP contribution in [0.1, 0.15) is 0 Å². The van der Waals surface area contributed by atoms with Crippen LogP contribution in [0, 0.1) is 5.82 Å². The summed E-state index contributed by atoms with van der Waals surface area (Å²) >= 11 is 3.23. The van der Waals surface area contributed by atoms with Crippen LogP contribution in [0.15, 0.2) is 46.9 Å². The summed E-state index contributed by atoms with van der Waals surface area (Å²) in [6.45, 7) is -0.223. The molecule has 4 nitrogen and oxygen atoms in total. The third-order valence-electron chi connectivity index (χ3n) is 2.61.